The molecule has 0 aliphatic rings. The van der Waals surface area contributed by atoms with Gasteiger partial charge in [-0.3, -0.25) is 4.79 Å². The van der Waals surface area contributed by atoms with Gasteiger partial charge in [-0.05, 0) is 12.1 Å². The Labute approximate surface area is 120 Å². The molecule has 0 atom stereocenters. The van der Waals surface area contributed by atoms with Crippen LogP contribution in [0.3, 0.4) is 0 Å². The third-order valence-electron chi connectivity index (χ3n) is 2.52. The standard InChI is InChI=1S/C11H6Cl2F3N3O/c12-7-1-6(11(14,15)16)2-8(13)9(7)19-10(17)5(4-20)3-18-19/h1-4H,17H2. The second kappa shape index (κ2) is 4.99. The van der Waals surface area contributed by atoms with Gasteiger partial charge >= 0.3 is 6.18 Å². The van der Waals surface area contributed by atoms with Crippen LogP contribution in [0.15, 0.2) is 18.3 Å². The van der Waals surface area contributed by atoms with E-state index >= 15 is 0 Å². The van der Waals surface area contributed by atoms with Gasteiger partial charge < -0.3 is 5.73 Å². The SMILES string of the molecule is Nc1c(C=O)cnn1-c1c(Cl)cc(C(F)(F)F)cc1Cl. The molecule has 2 N–H and O–H groups in total. The normalized spacial score (nSPS) is 11.7. The maximum Gasteiger partial charge on any atom is 0.416 e. The predicted molar refractivity (Wildman–Crippen MR) is 68.4 cm³/mol. The number of aldehydes is 1. The first-order valence-electron chi connectivity index (χ1n) is 5.11. The molecule has 1 heterocycles. The van der Waals surface area contributed by atoms with E-state index in [-0.39, 0.29) is 27.1 Å². The number of halogens is 5. The molecule has 0 saturated carbocycles. The zero-order valence-corrected chi connectivity index (χ0v) is 11.1. The molecular formula is C11H6Cl2F3N3O. The molecule has 106 valence electrons. The summed E-state index contributed by atoms with van der Waals surface area (Å²) >= 11 is 11.6. The van der Waals surface area contributed by atoms with E-state index in [4.69, 9.17) is 28.9 Å². The third kappa shape index (κ3) is 2.46. The van der Waals surface area contributed by atoms with Crippen molar-refractivity contribution in [1.29, 1.82) is 0 Å². The Morgan fingerprint density at radius 2 is 1.80 bits per heavy atom. The second-order valence-electron chi connectivity index (χ2n) is 3.80. The number of nitrogen functional groups attached to an aromatic ring is 1. The predicted octanol–water partition coefficient (Wildman–Crippen LogP) is 3.59. The number of carbonyl (C=O) groups excluding carboxylic acids is 1. The second-order valence-corrected chi connectivity index (χ2v) is 4.62. The molecular weight excluding hydrogens is 318 g/mol. The van der Waals surface area contributed by atoms with E-state index in [2.05, 4.69) is 5.10 Å². The Morgan fingerprint density at radius 3 is 2.20 bits per heavy atom. The van der Waals surface area contributed by atoms with Gasteiger partial charge in [0.25, 0.3) is 0 Å². The van der Waals surface area contributed by atoms with Crippen molar-refractivity contribution in [2.45, 2.75) is 6.18 Å². The lowest BCUT2D eigenvalue weighted by Crippen LogP contribution is -2.08. The van der Waals surface area contributed by atoms with Crippen LogP contribution in [-0.4, -0.2) is 16.1 Å². The van der Waals surface area contributed by atoms with Gasteiger partial charge in [-0.1, -0.05) is 23.2 Å². The van der Waals surface area contributed by atoms with Crippen molar-refractivity contribution in [3.8, 4) is 5.69 Å². The van der Waals surface area contributed by atoms with Crippen LogP contribution in [0.5, 0.6) is 0 Å². The minimum absolute atomic E-state index is 0.0214. The smallest absolute Gasteiger partial charge is 0.383 e. The minimum atomic E-state index is -4.57. The van der Waals surface area contributed by atoms with Crippen molar-refractivity contribution in [2.75, 3.05) is 5.73 Å². The minimum Gasteiger partial charge on any atom is -0.383 e. The van der Waals surface area contributed by atoms with Crippen molar-refractivity contribution in [2.24, 2.45) is 0 Å². The van der Waals surface area contributed by atoms with Gasteiger partial charge in [-0.25, -0.2) is 4.68 Å². The first kappa shape index (κ1) is 14.7. The van der Waals surface area contributed by atoms with E-state index in [9.17, 15) is 18.0 Å². The molecule has 2 aromatic rings. The number of carbonyl (C=O) groups is 1. The molecule has 0 unspecified atom stereocenters. The Hall–Kier alpha value is -1.73. The summed E-state index contributed by atoms with van der Waals surface area (Å²) < 4.78 is 38.8. The highest BCUT2D eigenvalue weighted by Crippen LogP contribution is 2.38. The third-order valence-corrected chi connectivity index (χ3v) is 3.10. The van der Waals surface area contributed by atoms with E-state index in [1.54, 1.807) is 0 Å². The summed E-state index contributed by atoms with van der Waals surface area (Å²) in [6, 6.07) is 1.43. The highest BCUT2D eigenvalue weighted by molar-refractivity contribution is 6.38. The van der Waals surface area contributed by atoms with Gasteiger partial charge in [0.05, 0.1) is 27.4 Å². The Balaban J connectivity index is 2.64. The lowest BCUT2D eigenvalue weighted by molar-refractivity contribution is -0.137. The number of nitrogens with two attached hydrogens (primary N) is 1. The quantitative estimate of drug-likeness (QED) is 0.859. The molecule has 2 rings (SSSR count). The lowest BCUT2D eigenvalue weighted by atomic mass is 10.2. The molecule has 0 aliphatic heterocycles. The number of benzene rings is 1. The molecule has 0 amide bonds. The monoisotopic (exact) mass is 323 g/mol. The number of hydrogen-bond acceptors (Lipinski definition) is 3. The number of nitrogens with zero attached hydrogens (tertiary/aromatic N) is 2. The van der Waals surface area contributed by atoms with Gasteiger partial charge in [-0.15, -0.1) is 0 Å². The van der Waals surface area contributed by atoms with E-state index < -0.39 is 11.7 Å². The van der Waals surface area contributed by atoms with Crippen molar-refractivity contribution < 1.29 is 18.0 Å². The van der Waals surface area contributed by atoms with Crippen molar-refractivity contribution in [3.63, 3.8) is 0 Å². The molecule has 0 bridgehead atoms. The Bertz CT molecular complexity index is 659. The maximum absolute atomic E-state index is 12.6. The number of rotatable bonds is 2. The molecule has 1 aromatic carbocycles. The van der Waals surface area contributed by atoms with E-state index in [1.165, 1.54) is 0 Å². The van der Waals surface area contributed by atoms with Crippen LogP contribution in [0.2, 0.25) is 10.0 Å². The number of anilines is 1. The number of alkyl halides is 3. The fourth-order valence-electron chi connectivity index (χ4n) is 1.57. The largest absolute Gasteiger partial charge is 0.416 e. The van der Waals surface area contributed by atoms with Crippen LogP contribution in [0.25, 0.3) is 5.69 Å². The van der Waals surface area contributed by atoms with Gasteiger partial charge in [0.15, 0.2) is 6.29 Å². The molecule has 0 aliphatic carbocycles. The highest BCUT2D eigenvalue weighted by atomic mass is 35.5. The lowest BCUT2D eigenvalue weighted by Gasteiger charge is -2.13. The van der Waals surface area contributed by atoms with Crippen LogP contribution in [0.4, 0.5) is 19.0 Å². The van der Waals surface area contributed by atoms with Crippen molar-refractivity contribution in [1.82, 2.24) is 9.78 Å². The summed E-state index contributed by atoms with van der Waals surface area (Å²) in [5.41, 5.74) is 4.71. The molecule has 0 saturated heterocycles. The van der Waals surface area contributed by atoms with E-state index in [0.29, 0.717) is 18.4 Å². The summed E-state index contributed by atoms with van der Waals surface area (Å²) in [4.78, 5) is 10.7. The topological polar surface area (TPSA) is 60.9 Å². The van der Waals surface area contributed by atoms with Crippen LogP contribution in [0, 0.1) is 0 Å². The molecule has 0 radical (unpaired) electrons. The first-order chi connectivity index (χ1) is 9.25. The van der Waals surface area contributed by atoms with Crippen molar-refractivity contribution >= 4 is 35.3 Å². The van der Waals surface area contributed by atoms with Crippen LogP contribution < -0.4 is 5.73 Å². The molecule has 1 aromatic heterocycles. The number of hydrogen-bond donors (Lipinski definition) is 1. The summed E-state index contributed by atoms with van der Waals surface area (Å²) in [5, 5.41) is 3.22. The van der Waals surface area contributed by atoms with E-state index in [0.717, 1.165) is 10.9 Å². The van der Waals surface area contributed by atoms with Gasteiger partial charge in [0.1, 0.15) is 11.5 Å². The Kier molecular flexibility index (Phi) is 3.66. The fourth-order valence-corrected chi connectivity index (χ4v) is 2.22. The molecule has 9 heteroatoms. The van der Waals surface area contributed by atoms with Crippen LogP contribution in [0.1, 0.15) is 15.9 Å². The summed E-state index contributed by atoms with van der Waals surface area (Å²) in [6.07, 6.45) is -2.95. The molecule has 0 fully saturated rings. The average Bonchev–Trinajstić information content (AvgIpc) is 2.69. The molecule has 20 heavy (non-hydrogen) atoms. The van der Waals surface area contributed by atoms with E-state index in [1.807, 2.05) is 0 Å². The van der Waals surface area contributed by atoms with Crippen LogP contribution >= 0.6 is 23.2 Å². The van der Waals surface area contributed by atoms with Crippen LogP contribution in [-0.2, 0) is 6.18 Å². The zero-order chi connectivity index (χ0) is 15.1. The molecule has 0 spiro atoms. The molecule has 4 nitrogen and oxygen atoms in total. The van der Waals surface area contributed by atoms with Gasteiger partial charge in [0.2, 0.25) is 0 Å². The number of aromatic nitrogens is 2. The summed E-state index contributed by atoms with van der Waals surface area (Å²) in [7, 11) is 0. The maximum atomic E-state index is 12.6. The average molecular weight is 324 g/mol. The highest BCUT2D eigenvalue weighted by Gasteiger charge is 2.32. The Morgan fingerprint density at radius 1 is 1.25 bits per heavy atom. The van der Waals surface area contributed by atoms with Gasteiger partial charge in [0, 0.05) is 0 Å². The zero-order valence-electron chi connectivity index (χ0n) is 9.58. The van der Waals surface area contributed by atoms with Crippen molar-refractivity contribution in [3.05, 3.63) is 39.5 Å². The first-order valence-corrected chi connectivity index (χ1v) is 5.86. The summed E-state index contributed by atoms with van der Waals surface area (Å²) in [6.45, 7) is 0. The fraction of sp³-hybridized carbons (Fsp3) is 0.0909. The van der Waals surface area contributed by atoms with Gasteiger partial charge in [-0.2, -0.15) is 18.3 Å². The summed E-state index contributed by atoms with van der Waals surface area (Å²) in [5.74, 6) is -0.0661.